The van der Waals surface area contributed by atoms with E-state index in [9.17, 15) is 9.90 Å². The third-order valence-electron chi connectivity index (χ3n) is 6.38. The number of aliphatic imine (C=N–C) groups is 1. The summed E-state index contributed by atoms with van der Waals surface area (Å²) in [5.41, 5.74) is 4.47. The number of aromatic amines is 1. The number of amides is 1. The zero-order valence-corrected chi connectivity index (χ0v) is 21.6. The molecule has 1 fully saturated rings. The van der Waals surface area contributed by atoms with E-state index in [2.05, 4.69) is 43.1 Å². The minimum Gasteiger partial charge on any atom is -0.494 e. The van der Waals surface area contributed by atoms with Crippen LogP contribution in [0.3, 0.4) is 0 Å². The molecular weight excluding hydrogens is 518 g/mol. The highest BCUT2D eigenvalue weighted by Gasteiger charge is 2.19. The first-order valence-corrected chi connectivity index (χ1v) is 12.7. The average Bonchev–Trinajstić information content (AvgIpc) is 3.20. The lowest BCUT2D eigenvalue weighted by molar-refractivity contribution is -0.117. The predicted octanol–water partition coefficient (Wildman–Crippen LogP) is 4.99. The van der Waals surface area contributed by atoms with Crippen molar-refractivity contribution in [1.29, 1.82) is 0 Å². The summed E-state index contributed by atoms with van der Waals surface area (Å²) in [5, 5.41) is 14.7. The van der Waals surface area contributed by atoms with Crippen LogP contribution < -0.4 is 5.32 Å². The molecule has 0 unspecified atom stereocenters. The second kappa shape index (κ2) is 10.7. The van der Waals surface area contributed by atoms with Gasteiger partial charge in [-0.05, 0) is 43.4 Å². The van der Waals surface area contributed by atoms with E-state index in [0.29, 0.717) is 17.8 Å². The second-order valence-corrected chi connectivity index (χ2v) is 9.96. The van der Waals surface area contributed by atoms with Crippen molar-refractivity contribution in [2.45, 2.75) is 0 Å². The van der Waals surface area contributed by atoms with Crippen LogP contribution in [0.15, 0.2) is 82.3 Å². The van der Waals surface area contributed by atoms with E-state index >= 15 is 0 Å². The van der Waals surface area contributed by atoms with E-state index in [1.807, 2.05) is 72.8 Å². The number of carbonyl (C=O) groups is 1. The third kappa shape index (κ3) is 5.51. The molecule has 1 aromatic heterocycles. The first-order chi connectivity index (χ1) is 17.5. The maximum Gasteiger partial charge on any atom is 0.238 e. The zero-order chi connectivity index (χ0) is 25.1. The molecule has 8 heteroatoms. The van der Waals surface area contributed by atoms with Crippen molar-refractivity contribution >= 4 is 49.8 Å². The highest BCUT2D eigenvalue weighted by atomic mass is 79.9. The lowest BCUT2D eigenvalue weighted by Crippen LogP contribution is -2.47. The monoisotopic (exact) mass is 545 g/mol. The lowest BCUT2D eigenvalue weighted by atomic mass is 10.0. The molecule has 0 radical (unpaired) electrons. The van der Waals surface area contributed by atoms with Crippen molar-refractivity contribution < 1.29 is 9.90 Å². The molecule has 4 aromatic rings. The van der Waals surface area contributed by atoms with Gasteiger partial charge in [-0.3, -0.25) is 9.69 Å². The molecule has 2 heterocycles. The van der Waals surface area contributed by atoms with Gasteiger partial charge in [0, 0.05) is 47.3 Å². The van der Waals surface area contributed by atoms with Gasteiger partial charge in [0.1, 0.15) is 0 Å². The molecule has 7 nitrogen and oxygen atoms in total. The van der Waals surface area contributed by atoms with Crippen molar-refractivity contribution in [3.63, 3.8) is 0 Å². The van der Waals surface area contributed by atoms with Gasteiger partial charge in [0.15, 0.2) is 5.88 Å². The van der Waals surface area contributed by atoms with Gasteiger partial charge in [0.2, 0.25) is 5.91 Å². The number of rotatable bonds is 6. The van der Waals surface area contributed by atoms with Crippen LogP contribution in [-0.4, -0.2) is 71.3 Å². The number of anilines is 1. The van der Waals surface area contributed by atoms with Crippen molar-refractivity contribution in [2.75, 3.05) is 45.1 Å². The Morgan fingerprint density at radius 2 is 1.75 bits per heavy atom. The first kappa shape index (κ1) is 24.2. The van der Waals surface area contributed by atoms with Gasteiger partial charge in [-0.1, -0.05) is 52.3 Å². The minimum atomic E-state index is -0.0179. The number of aromatic hydroxyl groups is 1. The summed E-state index contributed by atoms with van der Waals surface area (Å²) in [6.07, 6.45) is 0. The molecule has 36 heavy (non-hydrogen) atoms. The summed E-state index contributed by atoms with van der Waals surface area (Å²) in [7, 11) is 2.10. The SMILES string of the molecule is CN1CCN(CC(=O)Nc2ccc(N=C(c3ccccc3)c3c(O)[nH]c4cc(Br)ccc34)cc2)CC1. The van der Waals surface area contributed by atoms with Crippen LogP contribution in [0.2, 0.25) is 0 Å². The highest BCUT2D eigenvalue weighted by Crippen LogP contribution is 2.33. The maximum atomic E-state index is 12.5. The van der Waals surface area contributed by atoms with Gasteiger partial charge in [0.05, 0.1) is 29.0 Å². The van der Waals surface area contributed by atoms with Gasteiger partial charge in [-0.2, -0.15) is 0 Å². The molecule has 0 atom stereocenters. The number of H-pyrrole nitrogens is 1. The molecule has 1 aliphatic rings. The Morgan fingerprint density at radius 1 is 1.03 bits per heavy atom. The normalized spacial score (nSPS) is 15.3. The summed E-state index contributed by atoms with van der Waals surface area (Å²) in [5.74, 6) is 0.0501. The highest BCUT2D eigenvalue weighted by molar-refractivity contribution is 9.10. The minimum absolute atomic E-state index is 0.0179. The predicted molar refractivity (Wildman–Crippen MR) is 148 cm³/mol. The molecule has 5 rings (SSSR count). The number of likely N-dealkylation sites (N-methyl/N-ethyl adjacent to an activating group) is 1. The van der Waals surface area contributed by atoms with E-state index in [0.717, 1.165) is 58.5 Å². The molecule has 0 saturated carbocycles. The standard InChI is InChI=1S/C28H28BrN5O2/c1-33-13-15-34(16-14-33)18-25(35)30-21-8-10-22(11-9-21)31-27(19-5-3-2-4-6-19)26-23-12-7-20(29)17-24(23)32-28(26)36/h2-12,17,32,36H,13-16,18H2,1H3,(H,30,35). The molecule has 0 bridgehead atoms. The Labute approximate surface area is 218 Å². The van der Waals surface area contributed by atoms with Crippen LogP contribution in [0.4, 0.5) is 11.4 Å². The summed E-state index contributed by atoms with van der Waals surface area (Å²) >= 11 is 3.49. The molecule has 1 aliphatic heterocycles. The fourth-order valence-electron chi connectivity index (χ4n) is 4.41. The van der Waals surface area contributed by atoms with E-state index in [4.69, 9.17) is 4.99 Å². The molecule has 3 N–H and O–H groups in total. The van der Waals surface area contributed by atoms with Gasteiger partial charge in [0.25, 0.3) is 0 Å². The van der Waals surface area contributed by atoms with Gasteiger partial charge < -0.3 is 20.3 Å². The van der Waals surface area contributed by atoms with E-state index in [-0.39, 0.29) is 11.8 Å². The number of fused-ring (bicyclic) bond motifs is 1. The van der Waals surface area contributed by atoms with E-state index in [1.54, 1.807) is 0 Å². The fraction of sp³-hybridized carbons (Fsp3) is 0.214. The molecule has 1 amide bonds. The molecule has 1 saturated heterocycles. The third-order valence-corrected chi connectivity index (χ3v) is 6.87. The maximum absolute atomic E-state index is 12.5. The largest absolute Gasteiger partial charge is 0.494 e. The first-order valence-electron chi connectivity index (χ1n) is 11.9. The molecule has 3 aromatic carbocycles. The van der Waals surface area contributed by atoms with Crippen LogP contribution in [-0.2, 0) is 4.79 Å². The average molecular weight is 546 g/mol. The smallest absolute Gasteiger partial charge is 0.238 e. The number of halogens is 1. The van der Waals surface area contributed by atoms with Crippen LogP contribution in [0.1, 0.15) is 11.1 Å². The Morgan fingerprint density at radius 3 is 2.47 bits per heavy atom. The van der Waals surface area contributed by atoms with Crippen molar-refractivity contribution in [2.24, 2.45) is 4.99 Å². The van der Waals surface area contributed by atoms with Crippen LogP contribution in [0.25, 0.3) is 10.9 Å². The summed E-state index contributed by atoms with van der Waals surface area (Å²) in [4.78, 5) is 25.0. The second-order valence-electron chi connectivity index (χ2n) is 9.04. The van der Waals surface area contributed by atoms with Gasteiger partial charge >= 0.3 is 0 Å². The topological polar surface area (TPSA) is 84.0 Å². The number of nitrogens with one attached hydrogen (secondary N) is 2. The van der Waals surface area contributed by atoms with Crippen LogP contribution in [0.5, 0.6) is 5.88 Å². The number of piperazine rings is 1. The summed E-state index contributed by atoms with van der Waals surface area (Å²) in [6, 6.07) is 23.1. The van der Waals surface area contributed by atoms with Crippen LogP contribution in [0, 0.1) is 0 Å². The number of aromatic nitrogens is 1. The Balaban J connectivity index is 1.40. The zero-order valence-electron chi connectivity index (χ0n) is 20.0. The lowest BCUT2D eigenvalue weighted by Gasteiger charge is -2.31. The number of nitrogens with zero attached hydrogens (tertiary/aromatic N) is 3. The van der Waals surface area contributed by atoms with E-state index < -0.39 is 0 Å². The van der Waals surface area contributed by atoms with Gasteiger partial charge in [-0.15, -0.1) is 0 Å². The van der Waals surface area contributed by atoms with E-state index in [1.165, 1.54) is 0 Å². The summed E-state index contributed by atoms with van der Waals surface area (Å²) in [6.45, 7) is 4.15. The Hall–Kier alpha value is -3.46. The number of carbonyl (C=O) groups excluding carboxylic acids is 1. The number of hydrogen-bond acceptors (Lipinski definition) is 5. The van der Waals surface area contributed by atoms with Crippen molar-refractivity contribution in [3.05, 3.63) is 88.4 Å². The number of hydrogen-bond donors (Lipinski definition) is 3. The van der Waals surface area contributed by atoms with Crippen molar-refractivity contribution in [3.8, 4) is 5.88 Å². The fourth-order valence-corrected chi connectivity index (χ4v) is 4.78. The Kier molecular flexibility index (Phi) is 7.18. The molecule has 0 spiro atoms. The molecular formula is C28H28BrN5O2. The quantitative estimate of drug-likeness (QED) is 0.298. The Bertz CT molecular complexity index is 1390. The molecule has 0 aliphatic carbocycles. The number of benzene rings is 3. The summed E-state index contributed by atoms with van der Waals surface area (Å²) < 4.78 is 0.922. The van der Waals surface area contributed by atoms with Crippen LogP contribution >= 0.6 is 15.9 Å². The molecule has 184 valence electrons. The van der Waals surface area contributed by atoms with Gasteiger partial charge in [-0.25, -0.2) is 4.99 Å². The van der Waals surface area contributed by atoms with Crippen molar-refractivity contribution in [1.82, 2.24) is 14.8 Å².